The molecule has 0 radical (unpaired) electrons. The van der Waals surface area contributed by atoms with Gasteiger partial charge in [-0.15, -0.1) is 0 Å². The molecule has 1 N–H and O–H groups in total. The molecule has 3 amide bonds. The van der Waals surface area contributed by atoms with Gasteiger partial charge in [-0.25, -0.2) is 0 Å². The number of nitrogens with one attached hydrogen (secondary N) is 1. The zero-order valence-corrected chi connectivity index (χ0v) is 21.9. The minimum atomic E-state index is -0.364. The Morgan fingerprint density at radius 3 is 2.50 bits per heavy atom. The predicted octanol–water partition coefficient (Wildman–Crippen LogP) is 6.24. The van der Waals surface area contributed by atoms with Crippen LogP contribution in [0.25, 0.3) is 6.08 Å². The summed E-state index contributed by atoms with van der Waals surface area (Å²) in [7, 11) is 0. The highest BCUT2D eigenvalue weighted by Gasteiger charge is 2.34. The first-order valence-corrected chi connectivity index (χ1v) is 12.8. The molecule has 1 aliphatic rings. The standard InChI is InChI=1S/C26H20BrClN2O5S/c27-21-14-17(6-11-22(21)35-16-24(31)29-19-9-7-18(28)8-10-19)15-23-25(32)30(26(33)36-23)12-13-34-20-4-2-1-3-5-20/h1-11,14-15H,12-13,16H2,(H,29,31)/b23-15-. The number of halogens is 2. The molecule has 1 fully saturated rings. The van der Waals surface area contributed by atoms with Crippen LogP contribution < -0.4 is 14.8 Å². The second-order valence-electron chi connectivity index (χ2n) is 7.53. The van der Waals surface area contributed by atoms with Gasteiger partial charge >= 0.3 is 0 Å². The molecule has 1 heterocycles. The van der Waals surface area contributed by atoms with E-state index in [2.05, 4.69) is 21.2 Å². The van der Waals surface area contributed by atoms with Crippen LogP contribution in [0.15, 0.2) is 82.2 Å². The third-order valence-electron chi connectivity index (χ3n) is 4.94. The number of thioether (sulfide) groups is 1. The second-order valence-corrected chi connectivity index (χ2v) is 9.81. The third kappa shape index (κ3) is 6.90. The van der Waals surface area contributed by atoms with Gasteiger partial charge in [-0.05, 0) is 87.9 Å². The number of ether oxygens (including phenoxy) is 2. The Labute approximate surface area is 225 Å². The van der Waals surface area contributed by atoms with E-state index in [9.17, 15) is 14.4 Å². The van der Waals surface area contributed by atoms with Crippen LogP contribution in [0.5, 0.6) is 11.5 Å². The van der Waals surface area contributed by atoms with Crippen molar-refractivity contribution in [3.8, 4) is 11.5 Å². The number of rotatable bonds is 9. The number of carbonyl (C=O) groups excluding carboxylic acids is 3. The second kappa shape index (κ2) is 12.1. The number of hydrogen-bond acceptors (Lipinski definition) is 6. The molecule has 184 valence electrons. The van der Waals surface area contributed by atoms with Crippen LogP contribution in [-0.4, -0.2) is 41.7 Å². The molecule has 0 saturated carbocycles. The van der Waals surface area contributed by atoms with Crippen molar-refractivity contribution in [3.63, 3.8) is 0 Å². The lowest BCUT2D eigenvalue weighted by atomic mass is 10.2. The molecule has 0 bridgehead atoms. The van der Waals surface area contributed by atoms with Gasteiger partial charge in [0, 0.05) is 10.7 Å². The number of anilines is 1. The van der Waals surface area contributed by atoms with E-state index in [0.717, 1.165) is 11.8 Å². The highest BCUT2D eigenvalue weighted by molar-refractivity contribution is 9.10. The van der Waals surface area contributed by atoms with Crippen molar-refractivity contribution in [3.05, 3.63) is 92.8 Å². The minimum Gasteiger partial charge on any atom is -0.492 e. The molecular formula is C26H20BrClN2O5S. The van der Waals surface area contributed by atoms with E-state index in [0.29, 0.717) is 37.2 Å². The summed E-state index contributed by atoms with van der Waals surface area (Å²) in [6.07, 6.45) is 1.64. The molecule has 10 heteroatoms. The average Bonchev–Trinajstić information content (AvgIpc) is 3.13. The summed E-state index contributed by atoms with van der Waals surface area (Å²) in [5.74, 6) is 0.453. The highest BCUT2D eigenvalue weighted by Crippen LogP contribution is 2.34. The number of amides is 3. The van der Waals surface area contributed by atoms with Gasteiger partial charge in [-0.2, -0.15) is 0 Å². The van der Waals surface area contributed by atoms with Gasteiger partial charge in [0.25, 0.3) is 17.1 Å². The maximum atomic E-state index is 12.7. The topological polar surface area (TPSA) is 84.9 Å². The van der Waals surface area contributed by atoms with Gasteiger partial charge in [0.15, 0.2) is 6.61 Å². The smallest absolute Gasteiger partial charge is 0.293 e. The monoisotopic (exact) mass is 586 g/mol. The highest BCUT2D eigenvalue weighted by atomic mass is 79.9. The van der Waals surface area contributed by atoms with Crippen molar-refractivity contribution in [1.29, 1.82) is 0 Å². The van der Waals surface area contributed by atoms with E-state index < -0.39 is 0 Å². The SMILES string of the molecule is O=C(COc1ccc(/C=C2\SC(=O)N(CCOc3ccccc3)C2=O)cc1Br)Nc1ccc(Cl)cc1. The molecule has 0 atom stereocenters. The first-order valence-electron chi connectivity index (χ1n) is 10.8. The number of imide groups is 1. The van der Waals surface area contributed by atoms with Crippen LogP contribution in [-0.2, 0) is 9.59 Å². The van der Waals surface area contributed by atoms with Crippen molar-refractivity contribution in [2.45, 2.75) is 0 Å². The Kier molecular flexibility index (Phi) is 8.69. The van der Waals surface area contributed by atoms with E-state index >= 15 is 0 Å². The summed E-state index contributed by atoms with van der Waals surface area (Å²) < 4.78 is 11.8. The largest absolute Gasteiger partial charge is 0.492 e. The maximum Gasteiger partial charge on any atom is 0.293 e. The van der Waals surface area contributed by atoms with E-state index in [1.807, 2.05) is 30.3 Å². The molecule has 1 aliphatic heterocycles. The molecule has 4 rings (SSSR count). The van der Waals surface area contributed by atoms with Gasteiger partial charge in [-0.3, -0.25) is 19.3 Å². The number of hydrogen-bond donors (Lipinski definition) is 1. The van der Waals surface area contributed by atoms with E-state index in [1.54, 1.807) is 48.5 Å². The van der Waals surface area contributed by atoms with E-state index in [-0.39, 0.29) is 36.8 Å². The van der Waals surface area contributed by atoms with Gasteiger partial charge in [0.1, 0.15) is 18.1 Å². The van der Waals surface area contributed by atoms with E-state index in [4.69, 9.17) is 21.1 Å². The number of benzene rings is 3. The van der Waals surface area contributed by atoms with Crippen molar-refractivity contribution in [1.82, 2.24) is 4.90 Å². The molecule has 7 nitrogen and oxygen atoms in total. The molecular weight excluding hydrogens is 568 g/mol. The van der Waals surface area contributed by atoms with Gasteiger partial charge in [-0.1, -0.05) is 35.9 Å². The molecule has 0 unspecified atom stereocenters. The van der Waals surface area contributed by atoms with Gasteiger partial charge in [0.2, 0.25) is 0 Å². The van der Waals surface area contributed by atoms with Gasteiger partial charge < -0.3 is 14.8 Å². The van der Waals surface area contributed by atoms with Crippen molar-refractivity contribution in [2.24, 2.45) is 0 Å². The summed E-state index contributed by atoms with van der Waals surface area (Å²) in [5, 5.41) is 2.96. The Bertz CT molecular complexity index is 1300. The molecule has 0 aromatic heterocycles. The van der Waals surface area contributed by atoms with Crippen LogP contribution in [0.3, 0.4) is 0 Å². The first kappa shape index (κ1) is 25.8. The third-order valence-corrected chi connectivity index (χ3v) is 6.72. The first-order chi connectivity index (χ1) is 17.4. The maximum absolute atomic E-state index is 12.7. The molecule has 36 heavy (non-hydrogen) atoms. The summed E-state index contributed by atoms with van der Waals surface area (Å²) in [5.41, 5.74) is 1.31. The number of para-hydroxylation sites is 1. The Balaban J connectivity index is 1.32. The summed E-state index contributed by atoms with van der Waals surface area (Å²) in [4.78, 5) is 38.7. The van der Waals surface area contributed by atoms with Crippen molar-refractivity contribution < 1.29 is 23.9 Å². The zero-order valence-electron chi connectivity index (χ0n) is 18.8. The molecule has 1 saturated heterocycles. The minimum absolute atomic E-state index is 0.158. The van der Waals surface area contributed by atoms with E-state index in [1.165, 1.54) is 4.90 Å². The quantitative estimate of drug-likeness (QED) is 0.299. The van der Waals surface area contributed by atoms with Crippen LogP contribution >= 0.6 is 39.3 Å². The molecule has 3 aromatic rings. The fourth-order valence-electron chi connectivity index (χ4n) is 3.21. The Hall–Kier alpha value is -3.27. The molecule has 3 aromatic carbocycles. The Morgan fingerprint density at radius 2 is 1.78 bits per heavy atom. The fourth-order valence-corrected chi connectivity index (χ4v) is 4.72. The van der Waals surface area contributed by atoms with Crippen molar-refractivity contribution in [2.75, 3.05) is 25.1 Å². The lowest BCUT2D eigenvalue weighted by Crippen LogP contribution is -2.32. The fraction of sp³-hybridized carbons (Fsp3) is 0.115. The number of nitrogens with zero attached hydrogens (tertiary/aromatic N) is 1. The van der Waals surface area contributed by atoms with Gasteiger partial charge in [0.05, 0.1) is 15.9 Å². The average molecular weight is 588 g/mol. The number of carbonyl (C=O) groups is 3. The Morgan fingerprint density at radius 1 is 1.03 bits per heavy atom. The van der Waals surface area contributed by atoms with Crippen LogP contribution in [0.2, 0.25) is 5.02 Å². The summed E-state index contributed by atoms with van der Waals surface area (Å²) >= 11 is 10.2. The van der Waals surface area contributed by atoms with Crippen molar-refractivity contribution >= 4 is 68.1 Å². The van der Waals surface area contributed by atoms with Crippen LogP contribution in [0.1, 0.15) is 5.56 Å². The lowest BCUT2D eigenvalue weighted by molar-refractivity contribution is -0.123. The summed E-state index contributed by atoms with van der Waals surface area (Å²) in [6.45, 7) is 0.175. The van der Waals surface area contributed by atoms with Crippen LogP contribution in [0, 0.1) is 0 Å². The zero-order chi connectivity index (χ0) is 25.5. The lowest BCUT2D eigenvalue weighted by Gasteiger charge is -2.13. The molecule has 0 aliphatic carbocycles. The molecule has 0 spiro atoms. The summed E-state index contributed by atoms with van der Waals surface area (Å²) in [6, 6.07) is 21.1. The van der Waals surface area contributed by atoms with Crippen LogP contribution in [0.4, 0.5) is 10.5 Å². The normalized spacial score (nSPS) is 14.3. The predicted molar refractivity (Wildman–Crippen MR) is 144 cm³/mol.